The van der Waals surface area contributed by atoms with Gasteiger partial charge >= 0.3 is 0 Å². The zero-order chi connectivity index (χ0) is 12.8. The van der Waals surface area contributed by atoms with Gasteiger partial charge in [-0.05, 0) is 49.4 Å². The third-order valence-electron chi connectivity index (χ3n) is 4.19. The summed E-state index contributed by atoms with van der Waals surface area (Å²) in [5, 5.41) is 10.0. The Kier molecular flexibility index (Phi) is 3.08. The fourth-order valence-corrected chi connectivity index (χ4v) is 3.24. The van der Waals surface area contributed by atoms with E-state index in [-0.39, 0.29) is 17.5 Å². The number of benzene rings is 1. The number of likely N-dealkylation sites (tertiary alicyclic amines) is 1. The number of piperidine rings is 1. The minimum Gasteiger partial charge on any atom is -0.393 e. The van der Waals surface area contributed by atoms with Crippen LogP contribution in [-0.2, 0) is 5.54 Å². The quantitative estimate of drug-likeness (QED) is 0.892. The lowest BCUT2D eigenvalue weighted by Gasteiger charge is -2.37. The van der Waals surface area contributed by atoms with E-state index >= 15 is 0 Å². The molecule has 1 aromatic rings. The second kappa shape index (κ2) is 4.48. The molecule has 1 aliphatic carbocycles. The molecule has 0 atom stereocenters. The molecule has 0 bridgehead atoms. The van der Waals surface area contributed by atoms with Crippen LogP contribution in [0, 0.1) is 5.82 Å². The lowest BCUT2D eigenvalue weighted by atomic mass is 9.98. The zero-order valence-corrected chi connectivity index (χ0v) is 11.0. The standard InChI is InChI=1S/C14H17ClFNO/c15-11-7-10(8-12(16)9-11)14(3-4-14)17-5-1-13(18)2-6-17/h7-9,13,18H,1-6H2. The molecule has 2 aliphatic rings. The summed E-state index contributed by atoms with van der Waals surface area (Å²) in [6, 6.07) is 4.83. The van der Waals surface area contributed by atoms with Gasteiger partial charge in [0.25, 0.3) is 0 Å². The first kappa shape index (κ1) is 12.4. The number of rotatable bonds is 2. The van der Waals surface area contributed by atoms with E-state index in [1.807, 2.05) is 6.07 Å². The first-order valence-corrected chi connectivity index (χ1v) is 6.88. The van der Waals surface area contributed by atoms with Crippen LogP contribution in [0.15, 0.2) is 18.2 Å². The van der Waals surface area contributed by atoms with Crippen molar-refractivity contribution in [3.05, 3.63) is 34.6 Å². The molecular formula is C14H17ClFNO. The highest BCUT2D eigenvalue weighted by molar-refractivity contribution is 6.30. The lowest BCUT2D eigenvalue weighted by molar-refractivity contribution is 0.0521. The topological polar surface area (TPSA) is 23.5 Å². The Morgan fingerprint density at radius 2 is 1.89 bits per heavy atom. The Morgan fingerprint density at radius 1 is 1.22 bits per heavy atom. The lowest BCUT2D eigenvalue weighted by Crippen LogP contribution is -2.43. The molecule has 1 saturated heterocycles. The summed E-state index contributed by atoms with van der Waals surface area (Å²) in [5.41, 5.74) is 0.968. The summed E-state index contributed by atoms with van der Waals surface area (Å²) in [4.78, 5) is 2.38. The Bertz CT molecular complexity index is 433. The third kappa shape index (κ3) is 2.15. The minimum atomic E-state index is -0.263. The molecular weight excluding hydrogens is 253 g/mol. The van der Waals surface area contributed by atoms with Crippen molar-refractivity contribution in [3.63, 3.8) is 0 Å². The molecule has 0 amide bonds. The van der Waals surface area contributed by atoms with Gasteiger partial charge in [-0.25, -0.2) is 4.39 Å². The first-order valence-electron chi connectivity index (χ1n) is 6.50. The molecule has 0 unspecified atom stereocenters. The van der Waals surface area contributed by atoms with Gasteiger partial charge in [-0.1, -0.05) is 11.6 Å². The van der Waals surface area contributed by atoms with Crippen LogP contribution in [0.3, 0.4) is 0 Å². The van der Waals surface area contributed by atoms with Crippen molar-refractivity contribution in [2.45, 2.75) is 37.3 Å². The van der Waals surface area contributed by atoms with Gasteiger partial charge in [0.05, 0.1) is 6.10 Å². The third-order valence-corrected chi connectivity index (χ3v) is 4.41. The van der Waals surface area contributed by atoms with E-state index in [1.54, 1.807) is 6.07 Å². The molecule has 0 radical (unpaired) electrons. The molecule has 1 aliphatic heterocycles. The van der Waals surface area contributed by atoms with E-state index in [1.165, 1.54) is 6.07 Å². The molecule has 0 aromatic heterocycles. The summed E-state index contributed by atoms with van der Waals surface area (Å²) < 4.78 is 13.5. The van der Waals surface area contributed by atoms with Crippen molar-refractivity contribution < 1.29 is 9.50 Å². The van der Waals surface area contributed by atoms with E-state index in [4.69, 9.17) is 11.6 Å². The van der Waals surface area contributed by atoms with E-state index in [0.29, 0.717) is 5.02 Å². The molecule has 18 heavy (non-hydrogen) atoms. The van der Waals surface area contributed by atoms with Crippen molar-refractivity contribution in [2.24, 2.45) is 0 Å². The average Bonchev–Trinajstić information content (AvgIpc) is 3.10. The Morgan fingerprint density at radius 3 is 2.44 bits per heavy atom. The Labute approximate surface area is 111 Å². The van der Waals surface area contributed by atoms with E-state index in [0.717, 1.165) is 44.3 Å². The van der Waals surface area contributed by atoms with Crippen LogP contribution in [0.25, 0.3) is 0 Å². The molecule has 1 saturated carbocycles. The largest absolute Gasteiger partial charge is 0.393 e. The molecule has 2 fully saturated rings. The van der Waals surface area contributed by atoms with Gasteiger partial charge in [-0.2, -0.15) is 0 Å². The van der Waals surface area contributed by atoms with Crippen LogP contribution < -0.4 is 0 Å². The number of aliphatic hydroxyl groups is 1. The first-order chi connectivity index (χ1) is 8.60. The molecule has 1 N–H and O–H groups in total. The smallest absolute Gasteiger partial charge is 0.125 e. The average molecular weight is 270 g/mol. The predicted molar refractivity (Wildman–Crippen MR) is 69.1 cm³/mol. The van der Waals surface area contributed by atoms with Gasteiger partial charge in [-0.3, -0.25) is 4.90 Å². The number of hydrogen-bond acceptors (Lipinski definition) is 2. The van der Waals surface area contributed by atoms with Gasteiger partial charge in [-0.15, -0.1) is 0 Å². The molecule has 1 heterocycles. The fourth-order valence-electron chi connectivity index (χ4n) is 3.02. The van der Waals surface area contributed by atoms with Crippen LogP contribution in [-0.4, -0.2) is 29.2 Å². The molecule has 98 valence electrons. The SMILES string of the molecule is OC1CCN(C2(c3cc(F)cc(Cl)c3)CC2)CC1. The van der Waals surface area contributed by atoms with Gasteiger partial charge < -0.3 is 5.11 Å². The molecule has 1 aromatic carbocycles. The van der Waals surface area contributed by atoms with Gasteiger partial charge in [0, 0.05) is 23.7 Å². The van der Waals surface area contributed by atoms with Crippen molar-refractivity contribution in [3.8, 4) is 0 Å². The summed E-state index contributed by atoms with van der Waals surface area (Å²) >= 11 is 5.95. The van der Waals surface area contributed by atoms with Gasteiger partial charge in [0.2, 0.25) is 0 Å². The molecule has 2 nitrogen and oxygen atoms in total. The number of hydrogen-bond donors (Lipinski definition) is 1. The summed E-state index contributed by atoms with van der Waals surface area (Å²) in [5.74, 6) is -0.263. The van der Waals surface area contributed by atoms with Crippen molar-refractivity contribution in [1.82, 2.24) is 4.90 Å². The van der Waals surface area contributed by atoms with Crippen molar-refractivity contribution >= 4 is 11.6 Å². The number of aliphatic hydroxyl groups excluding tert-OH is 1. The van der Waals surface area contributed by atoms with Crippen LogP contribution in [0.2, 0.25) is 5.02 Å². The maximum atomic E-state index is 13.5. The highest BCUT2D eigenvalue weighted by Crippen LogP contribution is 2.52. The second-order valence-electron chi connectivity index (χ2n) is 5.41. The van der Waals surface area contributed by atoms with E-state index in [9.17, 15) is 9.50 Å². The van der Waals surface area contributed by atoms with Crippen LogP contribution in [0.4, 0.5) is 4.39 Å². The van der Waals surface area contributed by atoms with Gasteiger partial charge in [0.15, 0.2) is 0 Å². The highest BCUT2D eigenvalue weighted by Gasteiger charge is 2.50. The molecule has 0 spiro atoms. The van der Waals surface area contributed by atoms with E-state index < -0.39 is 0 Å². The molecule has 4 heteroatoms. The normalized spacial score (nSPS) is 24.2. The summed E-state index contributed by atoms with van der Waals surface area (Å²) in [6.07, 6.45) is 3.56. The monoisotopic (exact) mass is 269 g/mol. The van der Waals surface area contributed by atoms with Crippen LogP contribution in [0.5, 0.6) is 0 Å². The van der Waals surface area contributed by atoms with Crippen molar-refractivity contribution in [1.29, 1.82) is 0 Å². The second-order valence-corrected chi connectivity index (χ2v) is 5.84. The predicted octanol–water partition coefficient (Wildman–Crippen LogP) is 2.92. The maximum Gasteiger partial charge on any atom is 0.125 e. The number of halogens is 2. The summed E-state index contributed by atoms with van der Waals surface area (Å²) in [7, 11) is 0. The Balaban J connectivity index is 1.86. The maximum absolute atomic E-state index is 13.5. The zero-order valence-electron chi connectivity index (χ0n) is 10.2. The Hall–Kier alpha value is -0.640. The van der Waals surface area contributed by atoms with E-state index in [2.05, 4.69) is 4.90 Å². The van der Waals surface area contributed by atoms with Crippen LogP contribution >= 0.6 is 11.6 Å². The minimum absolute atomic E-state index is 0.0219. The molecule has 3 rings (SSSR count). The number of nitrogens with zero attached hydrogens (tertiary/aromatic N) is 1. The van der Waals surface area contributed by atoms with Gasteiger partial charge in [0.1, 0.15) is 5.82 Å². The van der Waals surface area contributed by atoms with Crippen LogP contribution in [0.1, 0.15) is 31.2 Å². The summed E-state index contributed by atoms with van der Waals surface area (Å²) in [6.45, 7) is 1.77. The fraction of sp³-hybridized carbons (Fsp3) is 0.571. The highest BCUT2D eigenvalue weighted by atomic mass is 35.5. The van der Waals surface area contributed by atoms with Crippen molar-refractivity contribution in [2.75, 3.05) is 13.1 Å².